The van der Waals surface area contributed by atoms with Gasteiger partial charge in [0.15, 0.2) is 0 Å². The van der Waals surface area contributed by atoms with Crippen molar-refractivity contribution in [2.75, 3.05) is 0 Å². The van der Waals surface area contributed by atoms with Crippen LogP contribution in [-0.4, -0.2) is 28.2 Å². The van der Waals surface area contributed by atoms with Crippen molar-refractivity contribution < 1.29 is 15.1 Å². The highest BCUT2D eigenvalue weighted by atomic mass is 16.5. The molecule has 18 heavy (non-hydrogen) atoms. The lowest BCUT2D eigenvalue weighted by Crippen LogP contribution is -2.25. The molecule has 1 rings (SSSR count). The Morgan fingerprint density at radius 2 is 1.89 bits per heavy atom. The molecule has 100 valence electrons. The zero-order valence-corrected chi connectivity index (χ0v) is 11.1. The molecule has 0 saturated carbocycles. The molecule has 0 heterocycles. The molecule has 4 heteroatoms. The van der Waals surface area contributed by atoms with Crippen LogP contribution >= 0.6 is 0 Å². The first-order chi connectivity index (χ1) is 8.52. The number of hydrogen-bond acceptors (Lipinski definition) is 4. The zero-order chi connectivity index (χ0) is 13.5. The lowest BCUT2D eigenvalue weighted by atomic mass is 10.1. The van der Waals surface area contributed by atoms with E-state index in [2.05, 4.69) is 5.16 Å². The van der Waals surface area contributed by atoms with Gasteiger partial charge in [-0.05, 0) is 51.3 Å². The van der Waals surface area contributed by atoms with Crippen LogP contribution in [0.3, 0.4) is 0 Å². The molecule has 0 aromatic heterocycles. The fourth-order valence-corrected chi connectivity index (χ4v) is 1.42. The van der Waals surface area contributed by atoms with Crippen molar-refractivity contribution in [3.05, 3.63) is 29.8 Å². The third-order valence-electron chi connectivity index (χ3n) is 2.87. The summed E-state index contributed by atoms with van der Waals surface area (Å²) in [4.78, 5) is 0. The van der Waals surface area contributed by atoms with Gasteiger partial charge in [0.05, 0.1) is 11.8 Å². The Labute approximate surface area is 108 Å². The zero-order valence-electron chi connectivity index (χ0n) is 11.1. The quantitative estimate of drug-likeness (QED) is 0.464. The van der Waals surface area contributed by atoms with Crippen LogP contribution in [0, 0.1) is 0 Å². The number of rotatable bonds is 6. The van der Waals surface area contributed by atoms with E-state index >= 15 is 0 Å². The van der Waals surface area contributed by atoms with E-state index in [-0.39, 0.29) is 6.10 Å². The first-order valence-electron chi connectivity index (χ1n) is 6.14. The van der Waals surface area contributed by atoms with E-state index in [9.17, 15) is 5.11 Å². The summed E-state index contributed by atoms with van der Waals surface area (Å²) in [7, 11) is 0. The van der Waals surface area contributed by atoms with E-state index in [0.29, 0.717) is 0 Å². The van der Waals surface area contributed by atoms with E-state index in [4.69, 9.17) is 9.94 Å². The standard InChI is InChI=1S/C14H21NO3/c1-10(15-17)4-5-13-6-8-14(9-7-13)18-12(3)11(2)16/h6-9,11-12,16-17H,4-5H2,1-3H3/b15-10+. The summed E-state index contributed by atoms with van der Waals surface area (Å²) in [5.74, 6) is 0.750. The Bertz CT molecular complexity index is 385. The lowest BCUT2D eigenvalue weighted by Gasteiger charge is -2.17. The maximum absolute atomic E-state index is 9.35. The summed E-state index contributed by atoms with van der Waals surface area (Å²) in [5, 5.41) is 21.0. The molecule has 0 aliphatic carbocycles. The lowest BCUT2D eigenvalue weighted by molar-refractivity contribution is 0.0604. The Morgan fingerprint density at radius 1 is 1.28 bits per heavy atom. The molecule has 4 nitrogen and oxygen atoms in total. The van der Waals surface area contributed by atoms with Gasteiger partial charge < -0.3 is 15.1 Å². The van der Waals surface area contributed by atoms with Crippen molar-refractivity contribution in [1.82, 2.24) is 0 Å². The van der Waals surface area contributed by atoms with E-state index in [1.165, 1.54) is 0 Å². The van der Waals surface area contributed by atoms with Crippen LogP contribution < -0.4 is 4.74 Å². The smallest absolute Gasteiger partial charge is 0.121 e. The predicted octanol–water partition coefficient (Wildman–Crippen LogP) is 2.62. The van der Waals surface area contributed by atoms with Gasteiger partial charge in [0.2, 0.25) is 0 Å². The first kappa shape index (κ1) is 14.5. The molecule has 0 radical (unpaired) electrons. The van der Waals surface area contributed by atoms with Crippen molar-refractivity contribution in [2.24, 2.45) is 5.16 Å². The highest BCUT2D eigenvalue weighted by Crippen LogP contribution is 2.16. The van der Waals surface area contributed by atoms with E-state index in [0.717, 1.165) is 29.9 Å². The third-order valence-corrected chi connectivity index (χ3v) is 2.87. The van der Waals surface area contributed by atoms with Crippen LogP contribution in [0.4, 0.5) is 0 Å². The number of ether oxygens (including phenoxy) is 1. The number of benzene rings is 1. The Balaban J connectivity index is 2.52. The normalized spacial score (nSPS) is 15.2. The highest BCUT2D eigenvalue weighted by Gasteiger charge is 2.09. The number of nitrogens with zero attached hydrogens (tertiary/aromatic N) is 1. The molecular formula is C14H21NO3. The molecule has 1 aromatic rings. The first-order valence-corrected chi connectivity index (χ1v) is 6.14. The fourth-order valence-electron chi connectivity index (χ4n) is 1.42. The van der Waals surface area contributed by atoms with Crippen molar-refractivity contribution in [3.63, 3.8) is 0 Å². The number of aryl methyl sites for hydroxylation is 1. The van der Waals surface area contributed by atoms with Gasteiger partial charge in [-0.1, -0.05) is 17.3 Å². The van der Waals surface area contributed by atoms with Crippen LogP contribution in [0.5, 0.6) is 5.75 Å². The molecule has 0 spiro atoms. The van der Waals surface area contributed by atoms with Gasteiger partial charge in [0.1, 0.15) is 11.9 Å². The number of aliphatic hydroxyl groups is 1. The van der Waals surface area contributed by atoms with E-state index in [1.54, 1.807) is 13.8 Å². The summed E-state index contributed by atoms with van der Waals surface area (Å²) in [5.41, 5.74) is 1.88. The maximum Gasteiger partial charge on any atom is 0.121 e. The molecule has 0 amide bonds. The van der Waals surface area contributed by atoms with Crippen LogP contribution in [-0.2, 0) is 6.42 Å². The monoisotopic (exact) mass is 251 g/mol. The summed E-state index contributed by atoms with van der Waals surface area (Å²) < 4.78 is 5.56. The van der Waals surface area contributed by atoms with Gasteiger partial charge in [0, 0.05) is 0 Å². The largest absolute Gasteiger partial charge is 0.488 e. The minimum absolute atomic E-state index is 0.223. The predicted molar refractivity (Wildman–Crippen MR) is 71.4 cm³/mol. The summed E-state index contributed by atoms with van der Waals surface area (Å²) in [6.45, 7) is 5.33. The van der Waals surface area contributed by atoms with Crippen molar-refractivity contribution in [3.8, 4) is 5.75 Å². The van der Waals surface area contributed by atoms with E-state index in [1.807, 2.05) is 31.2 Å². The summed E-state index contributed by atoms with van der Waals surface area (Å²) in [6, 6.07) is 7.74. The molecule has 1 aromatic carbocycles. The molecule has 0 aliphatic rings. The summed E-state index contributed by atoms with van der Waals surface area (Å²) >= 11 is 0. The van der Waals surface area contributed by atoms with Crippen LogP contribution in [0.25, 0.3) is 0 Å². The molecule has 0 bridgehead atoms. The van der Waals surface area contributed by atoms with Crippen LogP contribution in [0.15, 0.2) is 29.4 Å². The Kier molecular flexibility index (Phi) is 5.65. The second-order valence-corrected chi connectivity index (χ2v) is 4.54. The van der Waals surface area contributed by atoms with Crippen LogP contribution in [0.1, 0.15) is 32.8 Å². The Hall–Kier alpha value is -1.55. The topological polar surface area (TPSA) is 62.0 Å². The van der Waals surface area contributed by atoms with Gasteiger partial charge >= 0.3 is 0 Å². The number of aliphatic hydroxyl groups excluding tert-OH is 1. The second kappa shape index (κ2) is 7.01. The van der Waals surface area contributed by atoms with Crippen molar-refractivity contribution in [2.45, 2.75) is 45.8 Å². The second-order valence-electron chi connectivity index (χ2n) is 4.54. The molecule has 0 aliphatic heterocycles. The van der Waals surface area contributed by atoms with Gasteiger partial charge in [-0.25, -0.2) is 0 Å². The average Bonchev–Trinajstić information content (AvgIpc) is 2.37. The Morgan fingerprint density at radius 3 is 2.39 bits per heavy atom. The third kappa shape index (κ3) is 4.75. The SMILES string of the molecule is C/C(CCc1ccc(OC(C)C(C)O)cc1)=N\O. The van der Waals surface area contributed by atoms with Crippen LogP contribution in [0.2, 0.25) is 0 Å². The molecule has 2 atom stereocenters. The number of oxime groups is 1. The van der Waals surface area contributed by atoms with Gasteiger partial charge in [0.25, 0.3) is 0 Å². The molecule has 0 fully saturated rings. The van der Waals surface area contributed by atoms with Crippen molar-refractivity contribution in [1.29, 1.82) is 0 Å². The maximum atomic E-state index is 9.35. The minimum Gasteiger partial charge on any atom is -0.488 e. The minimum atomic E-state index is -0.493. The fraction of sp³-hybridized carbons (Fsp3) is 0.500. The van der Waals surface area contributed by atoms with Gasteiger partial charge in [-0.2, -0.15) is 0 Å². The van der Waals surface area contributed by atoms with Gasteiger partial charge in [-0.3, -0.25) is 0 Å². The average molecular weight is 251 g/mol. The number of hydrogen-bond donors (Lipinski definition) is 2. The van der Waals surface area contributed by atoms with Crippen molar-refractivity contribution >= 4 is 5.71 Å². The molecule has 2 N–H and O–H groups in total. The highest BCUT2D eigenvalue weighted by molar-refractivity contribution is 5.81. The van der Waals surface area contributed by atoms with Gasteiger partial charge in [-0.15, -0.1) is 0 Å². The summed E-state index contributed by atoms with van der Waals surface area (Å²) in [6.07, 6.45) is 0.857. The van der Waals surface area contributed by atoms with E-state index < -0.39 is 6.10 Å². The molecule has 2 unspecified atom stereocenters. The molecule has 0 saturated heterocycles. The molecular weight excluding hydrogens is 230 g/mol.